The van der Waals surface area contributed by atoms with Gasteiger partial charge in [-0.25, -0.2) is 0 Å². The SMILES string of the molecule is COCCNCCNC(=O)CCOc1cc(C)cc(C)c1C. The number of ether oxygens (including phenoxy) is 2. The topological polar surface area (TPSA) is 59.6 Å². The lowest BCUT2D eigenvalue weighted by atomic mass is 10.1. The summed E-state index contributed by atoms with van der Waals surface area (Å²) in [7, 11) is 1.67. The van der Waals surface area contributed by atoms with E-state index in [2.05, 4.69) is 23.6 Å². The molecule has 1 rings (SSSR count). The first-order chi connectivity index (χ1) is 10.5. The number of hydrogen-bond donors (Lipinski definition) is 2. The van der Waals surface area contributed by atoms with Crippen molar-refractivity contribution >= 4 is 5.91 Å². The zero-order valence-corrected chi connectivity index (χ0v) is 14.1. The molecule has 0 aliphatic rings. The van der Waals surface area contributed by atoms with Gasteiger partial charge in [0.15, 0.2) is 0 Å². The predicted octanol–water partition coefficient (Wildman–Crippen LogP) is 1.73. The highest BCUT2D eigenvalue weighted by Crippen LogP contribution is 2.23. The van der Waals surface area contributed by atoms with Gasteiger partial charge in [0, 0.05) is 26.7 Å². The van der Waals surface area contributed by atoms with E-state index in [1.807, 2.05) is 19.9 Å². The molecule has 0 saturated carbocycles. The number of nitrogens with one attached hydrogen (secondary N) is 2. The molecule has 0 spiro atoms. The van der Waals surface area contributed by atoms with Crippen molar-refractivity contribution in [1.82, 2.24) is 10.6 Å². The van der Waals surface area contributed by atoms with Gasteiger partial charge in [-0.05, 0) is 43.5 Å². The summed E-state index contributed by atoms with van der Waals surface area (Å²) in [6, 6.07) is 4.14. The van der Waals surface area contributed by atoms with E-state index in [1.54, 1.807) is 7.11 Å². The van der Waals surface area contributed by atoms with Crippen LogP contribution < -0.4 is 15.4 Å². The van der Waals surface area contributed by atoms with Gasteiger partial charge in [-0.3, -0.25) is 4.79 Å². The first kappa shape index (κ1) is 18.5. The van der Waals surface area contributed by atoms with E-state index in [4.69, 9.17) is 9.47 Å². The van der Waals surface area contributed by atoms with Gasteiger partial charge in [-0.15, -0.1) is 0 Å². The van der Waals surface area contributed by atoms with Crippen LogP contribution in [0.15, 0.2) is 12.1 Å². The van der Waals surface area contributed by atoms with E-state index >= 15 is 0 Å². The molecule has 1 aromatic rings. The Bertz CT molecular complexity index is 475. The van der Waals surface area contributed by atoms with Gasteiger partial charge < -0.3 is 20.1 Å². The van der Waals surface area contributed by atoms with Gasteiger partial charge in [0.25, 0.3) is 0 Å². The Morgan fingerprint density at radius 3 is 2.59 bits per heavy atom. The molecule has 0 aliphatic heterocycles. The lowest BCUT2D eigenvalue weighted by Gasteiger charge is -2.12. The minimum atomic E-state index is 0.00979. The van der Waals surface area contributed by atoms with Crippen LogP contribution in [0.25, 0.3) is 0 Å². The van der Waals surface area contributed by atoms with Crippen LogP contribution in [0.2, 0.25) is 0 Å². The molecule has 0 aromatic heterocycles. The van der Waals surface area contributed by atoms with Crippen LogP contribution in [0.3, 0.4) is 0 Å². The highest BCUT2D eigenvalue weighted by atomic mass is 16.5. The van der Waals surface area contributed by atoms with Crippen LogP contribution in [-0.4, -0.2) is 45.9 Å². The standard InChI is InChI=1S/C17H28N2O3/c1-13-11-14(2)15(3)16(12-13)22-9-5-17(20)19-7-6-18-8-10-21-4/h11-12,18H,5-10H2,1-4H3,(H,19,20). The highest BCUT2D eigenvalue weighted by molar-refractivity contribution is 5.75. The normalized spacial score (nSPS) is 10.5. The first-order valence-corrected chi connectivity index (χ1v) is 7.71. The molecule has 5 nitrogen and oxygen atoms in total. The van der Waals surface area contributed by atoms with Gasteiger partial charge in [-0.2, -0.15) is 0 Å². The van der Waals surface area contributed by atoms with E-state index in [9.17, 15) is 4.79 Å². The number of aryl methyl sites for hydroxylation is 2. The maximum absolute atomic E-state index is 11.7. The summed E-state index contributed by atoms with van der Waals surface area (Å²) in [5.74, 6) is 0.877. The van der Waals surface area contributed by atoms with E-state index in [-0.39, 0.29) is 5.91 Å². The van der Waals surface area contributed by atoms with Crippen molar-refractivity contribution in [3.05, 3.63) is 28.8 Å². The van der Waals surface area contributed by atoms with Crippen LogP contribution in [0.4, 0.5) is 0 Å². The predicted molar refractivity (Wildman–Crippen MR) is 88.5 cm³/mol. The average Bonchev–Trinajstić information content (AvgIpc) is 2.47. The number of carbonyl (C=O) groups is 1. The smallest absolute Gasteiger partial charge is 0.223 e. The fourth-order valence-corrected chi connectivity index (χ4v) is 2.08. The summed E-state index contributed by atoms with van der Waals surface area (Å²) in [5, 5.41) is 6.03. The molecule has 1 aromatic carbocycles. The fourth-order valence-electron chi connectivity index (χ4n) is 2.08. The minimum absolute atomic E-state index is 0.00979. The summed E-state index contributed by atoms with van der Waals surface area (Å²) >= 11 is 0. The Hall–Kier alpha value is -1.59. The first-order valence-electron chi connectivity index (χ1n) is 7.71. The number of benzene rings is 1. The van der Waals surface area contributed by atoms with Crippen molar-refractivity contribution in [1.29, 1.82) is 0 Å². The van der Waals surface area contributed by atoms with Gasteiger partial charge >= 0.3 is 0 Å². The molecule has 0 atom stereocenters. The third kappa shape index (κ3) is 6.91. The number of hydrogen-bond acceptors (Lipinski definition) is 4. The molecule has 22 heavy (non-hydrogen) atoms. The summed E-state index contributed by atoms with van der Waals surface area (Å²) in [6.45, 7) is 9.37. The molecule has 0 heterocycles. The van der Waals surface area contributed by atoms with Crippen LogP contribution >= 0.6 is 0 Å². The van der Waals surface area contributed by atoms with Crippen molar-refractivity contribution in [3.8, 4) is 5.75 Å². The third-order valence-electron chi connectivity index (χ3n) is 3.46. The second kappa shape index (κ2) is 10.2. The number of rotatable bonds is 10. The Kier molecular flexibility index (Phi) is 8.55. The zero-order chi connectivity index (χ0) is 16.4. The molecule has 0 fully saturated rings. The molecule has 5 heteroatoms. The van der Waals surface area contributed by atoms with Gasteiger partial charge in [0.1, 0.15) is 5.75 Å². The van der Waals surface area contributed by atoms with Gasteiger partial charge in [0.05, 0.1) is 19.6 Å². The molecule has 0 saturated heterocycles. The van der Waals surface area contributed by atoms with E-state index in [0.29, 0.717) is 26.2 Å². The maximum Gasteiger partial charge on any atom is 0.223 e. The Labute approximate surface area is 133 Å². The van der Waals surface area contributed by atoms with Crippen LogP contribution in [0, 0.1) is 20.8 Å². The molecule has 0 unspecified atom stereocenters. The van der Waals surface area contributed by atoms with E-state index < -0.39 is 0 Å². The van der Waals surface area contributed by atoms with Crippen LogP contribution in [0.5, 0.6) is 5.75 Å². The maximum atomic E-state index is 11.7. The molecule has 0 bridgehead atoms. The molecule has 124 valence electrons. The van der Waals surface area contributed by atoms with Crippen LogP contribution in [-0.2, 0) is 9.53 Å². The number of methoxy groups -OCH3 is 1. The molecule has 0 radical (unpaired) electrons. The molecular weight excluding hydrogens is 280 g/mol. The van der Waals surface area contributed by atoms with Crippen molar-refractivity contribution in [2.24, 2.45) is 0 Å². The Balaban J connectivity index is 2.20. The largest absolute Gasteiger partial charge is 0.493 e. The molecule has 1 amide bonds. The van der Waals surface area contributed by atoms with Crippen LogP contribution in [0.1, 0.15) is 23.1 Å². The number of amides is 1. The lowest BCUT2D eigenvalue weighted by Crippen LogP contribution is -2.33. The summed E-state index contributed by atoms with van der Waals surface area (Å²) < 4.78 is 10.7. The summed E-state index contributed by atoms with van der Waals surface area (Å²) in [5.41, 5.74) is 3.51. The fraction of sp³-hybridized carbons (Fsp3) is 0.588. The van der Waals surface area contributed by atoms with E-state index in [0.717, 1.165) is 24.4 Å². The van der Waals surface area contributed by atoms with Crippen molar-refractivity contribution in [3.63, 3.8) is 0 Å². The summed E-state index contributed by atoms with van der Waals surface area (Å²) in [4.78, 5) is 11.7. The van der Waals surface area contributed by atoms with Crippen molar-refractivity contribution in [2.75, 3.05) is 40.0 Å². The molecule has 0 aliphatic carbocycles. The lowest BCUT2D eigenvalue weighted by molar-refractivity contribution is -0.121. The van der Waals surface area contributed by atoms with E-state index in [1.165, 1.54) is 11.1 Å². The monoisotopic (exact) mass is 308 g/mol. The molecular formula is C17H28N2O3. The quantitative estimate of drug-likeness (QED) is 0.646. The minimum Gasteiger partial charge on any atom is -0.493 e. The zero-order valence-electron chi connectivity index (χ0n) is 14.1. The van der Waals surface area contributed by atoms with Gasteiger partial charge in [0.2, 0.25) is 5.91 Å². The van der Waals surface area contributed by atoms with Gasteiger partial charge in [-0.1, -0.05) is 6.07 Å². The second-order valence-corrected chi connectivity index (χ2v) is 5.40. The number of carbonyl (C=O) groups excluding carboxylic acids is 1. The average molecular weight is 308 g/mol. The molecule has 2 N–H and O–H groups in total. The Morgan fingerprint density at radius 2 is 1.86 bits per heavy atom. The van der Waals surface area contributed by atoms with Crippen molar-refractivity contribution in [2.45, 2.75) is 27.2 Å². The Morgan fingerprint density at radius 1 is 1.09 bits per heavy atom. The van der Waals surface area contributed by atoms with Crippen molar-refractivity contribution < 1.29 is 14.3 Å². The highest BCUT2D eigenvalue weighted by Gasteiger charge is 2.06. The summed E-state index contributed by atoms with van der Waals surface area (Å²) in [6.07, 6.45) is 0.366. The third-order valence-corrected chi connectivity index (χ3v) is 3.46. The second-order valence-electron chi connectivity index (χ2n) is 5.40.